The molecular formula is C53H39N3S. The minimum absolute atomic E-state index is 0.0391. The van der Waals surface area contributed by atoms with E-state index >= 15 is 0 Å². The van der Waals surface area contributed by atoms with Gasteiger partial charge in [0.2, 0.25) is 0 Å². The van der Waals surface area contributed by atoms with Gasteiger partial charge < -0.3 is 0 Å². The van der Waals surface area contributed by atoms with Crippen LogP contribution in [0.2, 0.25) is 0 Å². The molecule has 0 atom stereocenters. The normalized spacial score (nSPS) is 22.8. The second-order valence-corrected chi connectivity index (χ2v) is 18.3. The lowest BCUT2D eigenvalue weighted by atomic mass is 9.43. The van der Waals surface area contributed by atoms with Gasteiger partial charge in [-0.15, -0.1) is 11.3 Å². The fraction of sp³-hybridized carbons (Fsp3) is 0.189. The molecule has 5 aliphatic carbocycles. The molecule has 57 heavy (non-hydrogen) atoms. The highest BCUT2D eigenvalue weighted by Gasteiger charge is 2.61. The smallest absolute Gasteiger partial charge is 0.164 e. The summed E-state index contributed by atoms with van der Waals surface area (Å²) in [5.41, 5.74) is 11.4. The molecule has 4 fully saturated rings. The van der Waals surface area contributed by atoms with E-state index in [1.54, 1.807) is 5.56 Å². The minimum Gasteiger partial charge on any atom is -0.208 e. The largest absolute Gasteiger partial charge is 0.208 e. The third-order valence-corrected chi connectivity index (χ3v) is 15.4. The molecule has 272 valence electrons. The summed E-state index contributed by atoms with van der Waals surface area (Å²) >= 11 is 1.86. The van der Waals surface area contributed by atoms with Gasteiger partial charge in [0, 0.05) is 42.3 Å². The van der Waals surface area contributed by atoms with Crippen molar-refractivity contribution < 1.29 is 0 Å². The Labute approximate surface area is 336 Å². The molecular weight excluding hydrogens is 711 g/mol. The molecule has 0 amide bonds. The molecule has 0 N–H and O–H groups in total. The van der Waals surface area contributed by atoms with E-state index < -0.39 is 0 Å². The van der Waals surface area contributed by atoms with Crippen molar-refractivity contribution in [2.45, 2.75) is 37.5 Å². The zero-order valence-electron chi connectivity index (χ0n) is 31.5. The molecule has 2 heterocycles. The van der Waals surface area contributed by atoms with Gasteiger partial charge >= 0.3 is 0 Å². The Balaban J connectivity index is 0.996. The van der Waals surface area contributed by atoms with Crippen LogP contribution in [0, 0.1) is 23.7 Å². The van der Waals surface area contributed by atoms with E-state index in [0.29, 0.717) is 23.5 Å². The van der Waals surface area contributed by atoms with Crippen LogP contribution in [0.25, 0.3) is 87.4 Å². The van der Waals surface area contributed by atoms with Crippen LogP contribution >= 0.6 is 11.3 Å². The summed E-state index contributed by atoms with van der Waals surface area (Å²) in [5, 5.41) is 5.29. The summed E-state index contributed by atoms with van der Waals surface area (Å²) < 4.78 is 2.61. The van der Waals surface area contributed by atoms with E-state index in [1.165, 1.54) is 85.3 Å². The molecule has 4 heteroatoms. The van der Waals surface area contributed by atoms with Gasteiger partial charge in [-0.25, -0.2) is 15.0 Å². The van der Waals surface area contributed by atoms with Crippen LogP contribution in [0.5, 0.6) is 0 Å². The number of nitrogens with zero attached hydrogens (tertiary/aromatic N) is 3. The molecule has 4 saturated carbocycles. The van der Waals surface area contributed by atoms with Gasteiger partial charge in [0.25, 0.3) is 0 Å². The van der Waals surface area contributed by atoms with E-state index in [9.17, 15) is 0 Å². The summed E-state index contributed by atoms with van der Waals surface area (Å²) in [6.45, 7) is 0. The van der Waals surface area contributed by atoms with E-state index in [0.717, 1.165) is 39.9 Å². The lowest BCUT2D eigenvalue weighted by molar-refractivity contribution is -0.0398. The molecule has 0 saturated heterocycles. The van der Waals surface area contributed by atoms with Gasteiger partial charge in [0.15, 0.2) is 17.5 Å². The van der Waals surface area contributed by atoms with Crippen molar-refractivity contribution in [3.05, 3.63) is 163 Å². The molecule has 1 spiro atoms. The van der Waals surface area contributed by atoms with Crippen LogP contribution in [0.1, 0.15) is 43.2 Å². The van der Waals surface area contributed by atoms with Crippen molar-refractivity contribution >= 4 is 42.3 Å². The number of aromatic nitrogens is 3. The van der Waals surface area contributed by atoms with Crippen LogP contribution in [0.4, 0.5) is 0 Å². The van der Waals surface area contributed by atoms with Gasteiger partial charge in [0.05, 0.1) is 0 Å². The molecule has 0 radical (unpaired) electrons. The van der Waals surface area contributed by atoms with Gasteiger partial charge in [0.1, 0.15) is 0 Å². The third kappa shape index (κ3) is 4.68. The molecule has 7 aromatic carbocycles. The molecule has 0 unspecified atom stereocenters. The second-order valence-electron chi connectivity index (χ2n) is 17.2. The molecule has 2 aromatic heterocycles. The SMILES string of the molecule is c1ccc(-c2nc(-c3cccc(-c4cccc5sc6ccccc6c45)c3)nc(-c3ccc4c(c3)C3(c5cc6ccccc6cc5-4)C4CC5CC(C4)CC3C5)n2)cc1. The minimum atomic E-state index is 0.0391. The van der Waals surface area contributed by atoms with Crippen molar-refractivity contribution in [3.63, 3.8) is 0 Å². The molecule has 5 aliphatic rings. The summed E-state index contributed by atoms with van der Waals surface area (Å²) in [5.74, 6) is 5.25. The summed E-state index contributed by atoms with van der Waals surface area (Å²) in [7, 11) is 0. The third-order valence-electron chi connectivity index (χ3n) is 14.3. The quantitative estimate of drug-likeness (QED) is 0.180. The number of rotatable bonds is 4. The molecule has 9 aromatic rings. The van der Waals surface area contributed by atoms with Crippen molar-refractivity contribution in [2.75, 3.05) is 0 Å². The fourth-order valence-electron chi connectivity index (χ4n) is 12.2. The summed E-state index contributed by atoms with van der Waals surface area (Å²) in [6.07, 6.45) is 6.84. The Bertz CT molecular complexity index is 3080. The first-order valence-electron chi connectivity index (χ1n) is 20.7. The Morgan fingerprint density at radius 3 is 1.81 bits per heavy atom. The lowest BCUT2D eigenvalue weighted by Crippen LogP contribution is -2.55. The number of hydrogen-bond acceptors (Lipinski definition) is 4. The van der Waals surface area contributed by atoms with Crippen LogP contribution in [0.15, 0.2) is 152 Å². The number of hydrogen-bond donors (Lipinski definition) is 0. The van der Waals surface area contributed by atoms with E-state index in [4.69, 9.17) is 15.0 Å². The van der Waals surface area contributed by atoms with Crippen molar-refractivity contribution in [1.29, 1.82) is 0 Å². The van der Waals surface area contributed by atoms with Crippen LogP contribution in [0.3, 0.4) is 0 Å². The van der Waals surface area contributed by atoms with E-state index in [-0.39, 0.29) is 5.41 Å². The predicted molar refractivity (Wildman–Crippen MR) is 235 cm³/mol. The molecule has 0 aliphatic heterocycles. The Hall–Kier alpha value is -5.97. The van der Waals surface area contributed by atoms with Crippen molar-refractivity contribution in [3.8, 4) is 56.4 Å². The zero-order chi connectivity index (χ0) is 37.2. The van der Waals surface area contributed by atoms with Gasteiger partial charge in [-0.1, -0.05) is 115 Å². The van der Waals surface area contributed by atoms with E-state index in [2.05, 4.69) is 152 Å². The van der Waals surface area contributed by atoms with Crippen molar-refractivity contribution in [2.24, 2.45) is 23.7 Å². The maximum absolute atomic E-state index is 5.36. The number of thiophene rings is 1. The maximum Gasteiger partial charge on any atom is 0.164 e. The average molecular weight is 750 g/mol. The predicted octanol–water partition coefficient (Wildman–Crippen LogP) is 13.8. The molecule has 3 nitrogen and oxygen atoms in total. The standard InChI is InChI=1S/C53H39N3S/c1-2-10-33(11-3-1)50-54-51(37-15-8-14-36(27-37)41-17-9-19-48-49(41)43-16-6-7-18-47(43)57-48)56-52(55-50)38-20-21-42-44-28-34-12-4-5-13-35(34)29-46(44)53(45(42)30-38)39-23-31-22-32(25-39)26-40(53)24-31/h1-21,27-32,39-40H,22-26H2. The summed E-state index contributed by atoms with van der Waals surface area (Å²) in [4.78, 5) is 15.8. The highest BCUT2D eigenvalue weighted by molar-refractivity contribution is 7.25. The Kier molecular flexibility index (Phi) is 6.78. The zero-order valence-corrected chi connectivity index (χ0v) is 32.3. The van der Waals surface area contributed by atoms with Gasteiger partial charge in [-0.3, -0.25) is 0 Å². The molecule has 14 rings (SSSR count). The molecule has 4 bridgehead atoms. The lowest BCUT2D eigenvalue weighted by Gasteiger charge is -2.61. The Morgan fingerprint density at radius 1 is 0.421 bits per heavy atom. The fourth-order valence-corrected chi connectivity index (χ4v) is 13.3. The second kappa shape index (κ2) is 12.0. The first-order valence-corrected chi connectivity index (χ1v) is 21.5. The number of benzene rings is 7. The average Bonchev–Trinajstić information content (AvgIpc) is 3.78. The van der Waals surface area contributed by atoms with Gasteiger partial charge in [-0.2, -0.15) is 0 Å². The first kappa shape index (κ1) is 32.2. The first-order chi connectivity index (χ1) is 28.2. The Morgan fingerprint density at radius 2 is 1.02 bits per heavy atom. The van der Waals surface area contributed by atoms with Gasteiger partial charge in [-0.05, 0) is 136 Å². The summed E-state index contributed by atoms with van der Waals surface area (Å²) in [6, 6.07) is 55.8. The highest BCUT2D eigenvalue weighted by atomic mass is 32.1. The van der Waals surface area contributed by atoms with Crippen molar-refractivity contribution in [1.82, 2.24) is 15.0 Å². The van der Waals surface area contributed by atoms with Crippen LogP contribution in [-0.4, -0.2) is 15.0 Å². The van der Waals surface area contributed by atoms with E-state index in [1.807, 2.05) is 11.3 Å². The van der Waals surface area contributed by atoms with Crippen LogP contribution in [-0.2, 0) is 5.41 Å². The van der Waals surface area contributed by atoms with Crippen LogP contribution < -0.4 is 0 Å². The maximum atomic E-state index is 5.36. The topological polar surface area (TPSA) is 38.7 Å². The monoisotopic (exact) mass is 749 g/mol. The highest BCUT2D eigenvalue weighted by Crippen LogP contribution is 2.69. The number of fused-ring (bicyclic) bond motifs is 7.